The minimum Gasteiger partial charge on any atom is -0.461 e. The van der Waals surface area contributed by atoms with Crippen LogP contribution in [0.15, 0.2) is 0 Å². The Kier molecular flexibility index (Phi) is 6.64. The molecule has 0 aliphatic rings. The van der Waals surface area contributed by atoms with Crippen molar-refractivity contribution >= 4 is 11.9 Å². The average molecular weight is 218 g/mol. The first-order chi connectivity index (χ1) is 6.95. The molecule has 15 heavy (non-hydrogen) atoms. The van der Waals surface area contributed by atoms with Crippen molar-refractivity contribution in [2.24, 2.45) is 5.73 Å². The maximum absolute atomic E-state index is 11.1. The highest BCUT2D eigenvalue weighted by molar-refractivity contribution is 5.72. The molecule has 0 aromatic heterocycles. The predicted octanol–water partition coefficient (Wildman–Crippen LogP) is -1.02. The molecule has 1 unspecified atom stereocenters. The Morgan fingerprint density at radius 2 is 1.93 bits per heavy atom. The first-order valence-electron chi connectivity index (χ1n) is 4.65. The van der Waals surface area contributed by atoms with Crippen LogP contribution in [0.1, 0.15) is 6.92 Å². The van der Waals surface area contributed by atoms with Gasteiger partial charge in [0, 0.05) is 0 Å². The Morgan fingerprint density at radius 1 is 1.33 bits per heavy atom. The van der Waals surface area contributed by atoms with Gasteiger partial charge < -0.3 is 15.2 Å². The molecule has 1 atom stereocenters. The monoisotopic (exact) mass is 218 g/mol. The fourth-order valence-corrected chi connectivity index (χ4v) is 0.823. The van der Waals surface area contributed by atoms with Crippen LogP contribution in [0.3, 0.4) is 0 Å². The molecule has 0 heterocycles. The second kappa shape index (κ2) is 7.19. The molecule has 0 rings (SSSR count). The van der Waals surface area contributed by atoms with Gasteiger partial charge in [-0.2, -0.15) is 0 Å². The lowest BCUT2D eigenvalue weighted by molar-refractivity contribution is -0.157. The second-order valence-corrected chi connectivity index (χ2v) is 3.43. The summed E-state index contributed by atoms with van der Waals surface area (Å²) >= 11 is 0. The van der Waals surface area contributed by atoms with E-state index >= 15 is 0 Å². The first kappa shape index (κ1) is 13.9. The Morgan fingerprint density at radius 3 is 2.40 bits per heavy atom. The molecule has 0 aliphatic heterocycles. The van der Waals surface area contributed by atoms with Crippen LogP contribution in [0.2, 0.25) is 0 Å². The maximum Gasteiger partial charge on any atom is 0.320 e. The molecule has 6 nitrogen and oxygen atoms in total. The molecule has 0 bridgehead atoms. The molecule has 6 heteroatoms. The lowest BCUT2D eigenvalue weighted by Crippen LogP contribution is -2.30. The van der Waals surface area contributed by atoms with Crippen LogP contribution >= 0.6 is 0 Å². The third-order valence-electron chi connectivity index (χ3n) is 1.42. The number of rotatable bonds is 6. The van der Waals surface area contributed by atoms with Gasteiger partial charge in [-0.05, 0) is 21.0 Å². The summed E-state index contributed by atoms with van der Waals surface area (Å²) in [6, 6.07) is 0. The first-order valence-corrected chi connectivity index (χ1v) is 4.65. The Labute approximate surface area is 89.3 Å². The number of hydrogen-bond acceptors (Lipinski definition) is 6. The van der Waals surface area contributed by atoms with Gasteiger partial charge in [0.25, 0.3) is 0 Å². The van der Waals surface area contributed by atoms with Gasteiger partial charge in [0.2, 0.25) is 0 Å². The van der Waals surface area contributed by atoms with Crippen molar-refractivity contribution in [1.29, 1.82) is 0 Å². The standard InChI is InChI=1S/C9H18N2O4/c1-7(6-14-8(12)4-10)15-9(13)5-11(2)3/h7H,4-6,10H2,1-3H3. The third kappa shape index (κ3) is 7.90. The van der Waals surface area contributed by atoms with Gasteiger partial charge in [0.05, 0.1) is 13.1 Å². The van der Waals surface area contributed by atoms with Crippen molar-refractivity contribution in [3.8, 4) is 0 Å². The van der Waals surface area contributed by atoms with Crippen molar-refractivity contribution in [3.63, 3.8) is 0 Å². The number of esters is 2. The van der Waals surface area contributed by atoms with Gasteiger partial charge in [-0.1, -0.05) is 0 Å². The van der Waals surface area contributed by atoms with E-state index in [1.54, 1.807) is 25.9 Å². The van der Waals surface area contributed by atoms with Crippen LogP contribution in [0.5, 0.6) is 0 Å². The van der Waals surface area contributed by atoms with Crippen molar-refractivity contribution in [1.82, 2.24) is 4.90 Å². The molecule has 88 valence electrons. The SMILES string of the molecule is CC(COC(=O)CN)OC(=O)CN(C)C. The zero-order valence-corrected chi connectivity index (χ0v) is 9.36. The minimum atomic E-state index is -0.509. The van der Waals surface area contributed by atoms with E-state index in [1.165, 1.54) is 0 Å². The lowest BCUT2D eigenvalue weighted by Gasteiger charge is -2.15. The highest BCUT2D eigenvalue weighted by atomic mass is 16.6. The summed E-state index contributed by atoms with van der Waals surface area (Å²) in [7, 11) is 3.53. The number of nitrogens with two attached hydrogens (primary N) is 1. The molecule has 2 N–H and O–H groups in total. The van der Waals surface area contributed by atoms with Gasteiger partial charge >= 0.3 is 11.9 Å². The second-order valence-electron chi connectivity index (χ2n) is 3.43. The number of nitrogens with zero attached hydrogens (tertiary/aromatic N) is 1. The summed E-state index contributed by atoms with van der Waals surface area (Å²) in [5.41, 5.74) is 5.04. The maximum atomic E-state index is 11.1. The van der Waals surface area contributed by atoms with E-state index in [-0.39, 0.29) is 25.7 Å². The smallest absolute Gasteiger partial charge is 0.320 e. The summed E-state index contributed by atoms with van der Waals surface area (Å²) in [6.07, 6.45) is -0.451. The summed E-state index contributed by atoms with van der Waals surface area (Å²) in [6.45, 7) is 1.72. The molecule has 0 aromatic rings. The minimum absolute atomic E-state index is 0.0369. The Bertz CT molecular complexity index is 218. The molecule has 0 saturated carbocycles. The number of hydrogen-bond donors (Lipinski definition) is 1. The summed E-state index contributed by atoms with van der Waals surface area (Å²) < 4.78 is 9.66. The molecule has 0 amide bonds. The van der Waals surface area contributed by atoms with Crippen molar-refractivity contribution in [2.75, 3.05) is 33.8 Å². The normalized spacial score (nSPS) is 12.3. The van der Waals surface area contributed by atoms with Gasteiger partial charge in [-0.3, -0.25) is 14.5 Å². The fourth-order valence-electron chi connectivity index (χ4n) is 0.823. The topological polar surface area (TPSA) is 81.9 Å². The highest BCUT2D eigenvalue weighted by Crippen LogP contribution is 1.94. The Balaban J connectivity index is 3.68. The number of carbonyl (C=O) groups excluding carboxylic acids is 2. The predicted molar refractivity (Wildman–Crippen MR) is 54.1 cm³/mol. The van der Waals surface area contributed by atoms with Crippen LogP contribution in [0, 0.1) is 0 Å². The number of carbonyl (C=O) groups is 2. The highest BCUT2D eigenvalue weighted by Gasteiger charge is 2.11. The van der Waals surface area contributed by atoms with Gasteiger partial charge in [0.1, 0.15) is 12.7 Å². The van der Waals surface area contributed by atoms with E-state index in [1.807, 2.05) is 0 Å². The average Bonchev–Trinajstić information content (AvgIpc) is 2.12. The number of ether oxygens (including phenoxy) is 2. The van der Waals surface area contributed by atoms with Gasteiger partial charge in [-0.25, -0.2) is 0 Å². The van der Waals surface area contributed by atoms with Crippen molar-refractivity contribution in [3.05, 3.63) is 0 Å². The van der Waals surface area contributed by atoms with Crippen molar-refractivity contribution < 1.29 is 19.1 Å². The number of likely N-dealkylation sites (N-methyl/N-ethyl adjacent to an activating group) is 1. The zero-order valence-electron chi connectivity index (χ0n) is 9.36. The summed E-state index contributed by atoms with van der Waals surface area (Å²) in [5, 5.41) is 0. The third-order valence-corrected chi connectivity index (χ3v) is 1.42. The fraction of sp³-hybridized carbons (Fsp3) is 0.778. The zero-order chi connectivity index (χ0) is 11.8. The molecule has 0 aromatic carbocycles. The van der Waals surface area contributed by atoms with Gasteiger partial charge in [0.15, 0.2) is 0 Å². The van der Waals surface area contributed by atoms with Crippen LogP contribution < -0.4 is 5.73 Å². The molecule has 0 aliphatic carbocycles. The van der Waals surface area contributed by atoms with E-state index in [0.29, 0.717) is 0 Å². The quantitative estimate of drug-likeness (QED) is 0.575. The van der Waals surface area contributed by atoms with E-state index in [4.69, 9.17) is 15.2 Å². The molecule has 0 radical (unpaired) electrons. The van der Waals surface area contributed by atoms with Crippen LogP contribution in [-0.4, -0.2) is 56.7 Å². The Hall–Kier alpha value is -1.14. The molecule has 0 fully saturated rings. The van der Waals surface area contributed by atoms with Crippen LogP contribution in [0.25, 0.3) is 0 Å². The molecule has 0 saturated heterocycles. The summed E-state index contributed by atoms with van der Waals surface area (Å²) in [4.78, 5) is 23.5. The van der Waals surface area contributed by atoms with E-state index < -0.39 is 12.1 Å². The van der Waals surface area contributed by atoms with Crippen LogP contribution in [-0.2, 0) is 19.1 Å². The van der Waals surface area contributed by atoms with E-state index in [2.05, 4.69) is 0 Å². The molecular formula is C9H18N2O4. The van der Waals surface area contributed by atoms with Gasteiger partial charge in [-0.15, -0.1) is 0 Å². The van der Waals surface area contributed by atoms with Crippen LogP contribution in [0.4, 0.5) is 0 Å². The molecule has 0 spiro atoms. The van der Waals surface area contributed by atoms with E-state index in [9.17, 15) is 9.59 Å². The van der Waals surface area contributed by atoms with E-state index in [0.717, 1.165) is 0 Å². The lowest BCUT2D eigenvalue weighted by atomic mass is 10.4. The molecular weight excluding hydrogens is 200 g/mol. The van der Waals surface area contributed by atoms with Crippen molar-refractivity contribution in [2.45, 2.75) is 13.0 Å². The largest absolute Gasteiger partial charge is 0.461 e. The summed E-state index contributed by atoms with van der Waals surface area (Å²) in [5.74, 6) is -0.859.